The molecule has 7 N–H and O–H groups in total. The second-order valence-electron chi connectivity index (χ2n) is 10.3. The molecular weight excluding hydrogens is 665 g/mol. The summed E-state index contributed by atoms with van der Waals surface area (Å²) in [6.45, 7) is 2.82. The lowest BCUT2D eigenvalue weighted by molar-refractivity contribution is -0.386. The number of pyridine rings is 1. The van der Waals surface area contributed by atoms with Crippen LogP contribution in [0.25, 0.3) is 11.0 Å². The van der Waals surface area contributed by atoms with Gasteiger partial charge in [-0.3, -0.25) is 14.6 Å². The Morgan fingerprint density at radius 2 is 1.82 bits per heavy atom. The molecule has 0 radical (unpaired) electrons. The second-order valence-corrected chi connectivity index (χ2v) is 14.7. The number of phosphoric acid groups is 3. The minimum atomic E-state index is -5.72. The van der Waals surface area contributed by atoms with E-state index < -0.39 is 59.5 Å². The number of aliphatic hydroxyl groups excluding tert-OH is 1. The fourth-order valence-electron chi connectivity index (χ4n) is 4.83. The number of benzene rings is 1. The predicted octanol–water partition coefficient (Wildman–Crippen LogP) is 3.43. The molecule has 1 saturated heterocycles. The number of aliphatic hydroxyl groups is 1. The number of hydrogen-bond acceptors (Lipinski definition) is 13. The molecule has 45 heavy (non-hydrogen) atoms. The smallest absolute Gasteiger partial charge is 0.398 e. The van der Waals surface area contributed by atoms with Gasteiger partial charge < -0.3 is 44.5 Å². The van der Waals surface area contributed by atoms with Gasteiger partial charge in [0, 0.05) is 41.5 Å². The van der Waals surface area contributed by atoms with E-state index in [9.17, 15) is 38.7 Å². The van der Waals surface area contributed by atoms with Crippen LogP contribution in [0.15, 0.2) is 42.7 Å². The zero-order chi connectivity index (χ0) is 33.3. The van der Waals surface area contributed by atoms with Gasteiger partial charge in [-0.25, -0.2) is 18.7 Å². The number of fused-ring (bicyclic) bond motifs is 1. The first-order chi connectivity index (χ1) is 20.9. The number of nitrogens with zero attached hydrogens (tertiary/aromatic N) is 3. The van der Waals surface area contributed by atoms with Crippen molar-refractivity contribution in [3.63, 3.8) is 0 Å². The fourth-order valence-corrected chi connectivity index (χ4v) is 7.86. The average molecular weight is 696 g/mol. The van der Waals surface area contributed by atoms with Crippen molar-refractivity contribution < 1.29 is 65.9 Å². The molecule has 3 aromatic rings. The van der Waals surface area contributed by atoms with Gasteiger partial charge in [0.1, 0.15) is 18.0 Å². The maximum Gasteiger partial charge on any atom is 0.490 e. The number of ether oxygens (including phenoxy) is 2. The SMILES string of the molecule is CC(C)[C@H](OCc1cn([C@H]2C[C@@H](O)[C@@H](COP(=O)(O)OP(=O)(O)OP(=O)(O)O)O2)c2nccc(N)c12)c1ccccc1[N+](=O)[O-]. The van der Waals surface area contributed by atoms with Crippen molar-refractivity contribution in [2.75, 3.05) is 12.3 Å². The summed E-state index contributed by atoms with van der Waals surface area (Å²) in [5.41, 5.74) is 7.80. The van der Waals surface area contributed by atoms with Gasteiger partial charge in [0.15, 0.2) is 0 Å². The Kier molecular flexibility index (Phi) is 10.7. The zero-order valence-electron chi connectivity index (χ0n) is 23.6. The van der Waals surface area contributed by atoms with Crippen molar-refractivity contribution >= 4 is 45.9 Å². The topological polar surface area (TPSA) is 285 Å². The van der Waals surface area contributed by atoms with Crippen molar-refractivity contribution in [1.82, 2.24) is 9.55 Å². The van der Waals surface area contributed by atoms with Crippen molar-refractivity contribution in [2.45, 2.75) is 51.4 Å². The van der Waals surface area contributed by atoms with E-state index in [2.05, 4.69) is 18.1 Å². The summed E-state index contributed by atoms with van der Waals surface area (Å²) in [7, 11) is -16.7. The highest BCUT2D eigenvalue weighted by Crippen LogP contribution is 2.66. The Labute approximate surface area is 255 Å². The van der Waals surface area contributed by atoms with Gasteiger partial charge >= 0.3 is 23.5 Å². The van der Waals surface area contributed by atoms with Gasteiger partial charge in [0.2, 0.25) is 0 Å². The number of nitrogen functional groups attached to an aromatic ring is 1. The van der Waals surface area contributed by atoms with E-state index in [-0.39, 0.29) is 24.6 Å². The Hall–Kier alpha value is -2.60. The average Bonchev–Trinajstić information content (AvgIpc) is 3.46. The molecule has 1 aromatic carbocycles. The van der Waals surface area contributed by atoms with Gasteiger partial charge in [0.25, 0.3) is 5.69 Å². The highest BCUT2D eigenvalue weighted by atomic mass is 31.3. The minimum Gasteiger partial charge on any atom is -0.398 e. The van der Waals surface area contributed by atoms with Gasteiger partial charge in [-0.2, -0.15) is 8.62 Å². The van der Waals surface area contributed by atoms with Crippen LogP contribution in [0, 0.1) is 16.0 Å². The van der Waals surface area contributed by atoms with E-state index in [1.54, 1.807) is 35.0 Å². The minimum absolute atomic E-state index is 0.0426. The van der Waals surface area contributed by atoms with Crippen LogP contribution in [0.3, 0.4) is 0 Å². The molecule has 1 aliphatic rings. The molecule has 4 rings (SSSR count). The number of rotatable bonds is 14. The van der Waals surface area contributed by atoms with E-state index >= 15 is 0 Å². The first-order valence-corrected chi connectivity index (χ1v) is 17.6. The Bertz CT molecular complexity index is 1700. The van der Waals surface area contributed by atoms with Gasteiger partial charge in [0.05, 0.1) is 35.9 Å². The van der Waals surface area contributed by atoms with Crippen LogP contribution in [0.2, 0.25) is 0 Å². The monoisotopic (exact) mass is 696 g/mol. The summed E-state index contributed by atoms with van der Waals surface area (Å²) < 4.78 is 60.0. The lowest BCUT2D eigenvalue weighted by Crippen LogP contribution is -2.26. The molecule has 0 bridgehead atoms. The largest absolute Gasteiger partial charge is 0.490 e. The van der Waals surface area contributed by atoms with Crippen LogP contribution in [-0.2, 0) is 42.9 Å². The third-order valence-corrected chi connectivity index (χ3v) is 10.4. The molecule has 6 atom stereocenters. The van der Waals surface area contributed by atoms with Crippen LogP contribution in [0.4, 0.5) is 11.4 Å². The molecule has 1 aliphatic heterocycles. The third-order valence-electron chi connectivity index (χ3n) is 6.62. The summed E-state index contributed by atoms with van der Waals surface area (Å²) in [4.78, 5) is 51.9. The standard InChI is InChI=1S/C23H31N4O15P3/c1-13(2)22(15-5-3-4-6-17(15)27(29)30)38-11-14-10-26(23-21(14)16(24)7-8-25-23)20-9-18(28)19(40-20)12-39-44(34,35)42-45(36,37)41-43(31,32)33/h3-8,10,13,18-20,22,28H,9,11-12H2,1-2H3,(H2,24,25)(H,34,35)(H,36,37)(H2,31,32,33)/t18-,19-,20-,22+/m1/s1. The molecule has 0 aliphatic carbocycles. The summed E-state index contributed by atoms with van der Waals surface area (Å²) in [5, 5.41) is 22.7. The third kappa shape index (κ3) is 8.81. The normalized spacial score (nSPS) is 22.4. The summed E-state index contributed by atoms with van der Waals surface area (Å²) >= 11 is 0. The number of phosphoric ester groups is 1. The molecule has 22 heteroatoms. The molecule has 0 spiro atoms. The quantitative estimate of drug-likeness (QED) is 0.0799. The van der Waals surface area contributed by atoms with E-state index in [1.807, 2.05) is 13.8 Å². The molecule has 2 unspecified atom stereocenters. The van der Waals surface area contributed by atoms with Gasteiger partial charge in [-0.15, -0.1) is 0 Å². The maximum atomic E-state index is 12.1. The van der Waals surface area contributed by atoms with Crippen LogP contribution < -0.4 is 5.73 Å². The Morgan fingerprint density at radius 3 is 2.47 bits per heavy atom. The number of anilines is 1. The van der Waals surface area contributed by atoms with Crippen molar-refractivity contribution in [3.05, 3.63) is 64.0 Å². The molecule has 1 fully saturated rings. The highest BCUT2D eigenvalue weighted by molar-refractivity contribution is 7.66. The molecule has 19 nitrogen and oxygen atoms in total. The molecule has 3 heterocycles. The number of nitrogens with two attached hydrogens (primary N) is 1. The zero-order valence-corrected chi connectivity index (χ0v) is 26.3. The molecule has 248 valence electrons. The lowest BCUT2D eigenvalue weighted by Gasteiger charge is -2.22. The number of hydrogen-bond donors (Lipinski definition) is 6. The summed E-state index contributed by atoms with van der Waals surface area (Å²) in [6, 6.07) is 7.82. The fraction of sp³-hybridized carbons (Fsp3) is 0.435. The van der Waals surface area contributed by atoms with Crippen molar-refractivity contribution in [2.24, 2.45) is 5.92 Å². The van der Waals surface area contributed by atoms with E-state index in [0.29, 0.717) is 27.8 Å². The van der Waals surface area contributed by atoms with Crippen molar-refractivity contribution in [1.29, 1.82) is 0 Å². The van der Waals surface area contributed by atoms with Crippen LogP contribution in [0.1, 0.15) is 43.7 Å². The highest BCUT2D eigenvalue weighted by Gasteiger charge is 2.43. The molecular formula is C23H31N4O15P3. The summed E-state index contributed by atoms with van der Waals surface area (Å²) in [5.74, 6) is -0.154. The maximum absolute atomic E-state index is 12.1. The number of nitro benzene ring substituents is 1. The van der Waals surface area contributed by atoms with E-state index in [4.69, 9.17) is 25.0 Å². The first-order valence-electron chi connectivity index (χ1n) is 13.1. The van der Waals surface area contributed by atoms with Crippen LogP contribution >= 0.6 is 23.5 Å². The second kappa shape index (κ2) is 13.6. The van der Waals surface area contributed by atoms with E-state index in [0.717, 1.165) is 0 Å². The van der Waals surface area contributed by atoms with Crippen molar-refractivity contribution in [3.8, 4) is 0 Å². The van der Waals surface area contributed by atoms with Gasteiger partial charge in [-0.1, -0.05) is 26.0 Å². The Balaban J connectivity index is 1.52. The number of nitro groups is 1. The molecule has 0 amide bonds. The summed E-state index contributed by atoms with van der Waals surface area (Å²) in [6.07, 6.45) is -1.15. The van der Waals surface area contributed by atoms with Crippen LogP contribution in [-0.4, -0.2) is 58.0 Å². The Morgan fingerprint density at radius 1 is 1.13 bits per heavy atom. The predicted molar refractivity (Wildman–Crippen MR) is 154 cm³/mol. The number of aromatic nitrogens is 2. The van der Waals surface area contributed by atoms with E-state index in [1.165, 1.54) is 12.3 Å². The van der Waals surface area contributed by atoms with Gasteiger partial charge in [-0.05, 0) is 18.1 Å². The number of para-hydroxylation sites is 1. The molecule has 0 saturated carbocycles. The lowest BCUT2D eigenvalue weighted by atomic mass is 9.97. The van der Waals surface area contributed by atoms with Crippen LogP contribution in [0.5, 0.6) is 0 Å². The first kappa shape index (κ1) is 35.3. The molecule has 2 aromatic heterocycles.